The lowest BCUT2D eigenvalue weighted by Gasteiger charge is -2.25. The van der Waals surface area contributed by atoms with Crippen molar-refractivity contribution in [3.63, 3.8) is 0 Å². The first kappa shape index (κ1) is 17.9. The van der Waals surface area contributed by atoms with Crippen LogP contribution in [0, 0.1) is 0 Å². The van der Waals surface area contributed by atoms with E-state index in [4.69, 9.17) is 21.2 Å². The first-order valence-corrected chi connectivity index (χ1v) is 6.62. The second kappa shape index (κ2) is 6.40. The van der Waals surface area contributed by atoms with E-state index < -0.39 is 20.5 Å². The van der Waals surface area contributed by atoms with E-state index in [2.05, 4.69) is 4.18 Å². The van der Waals surface area contributed by atoms with E-state index in [1.807, 2.05) is 0 Å². The molecule has 0 saturated heterocycles. The van der Waals surface area contributed by atoms with Crippen LogP contribution in [0.4, 0.5) is 13.2 Å². The predicted octanol–water partition coefficient (Wildman–Crippen LogP) is 2.33. The molecule has 1 atom stereocenters. The van der Waals surface area contributed by atoms with Crippen molar-refractivity contribution < 1.29 is 35.4 Å². The van der Waals surface area contributed by atoms with E-state index in [1.54, 1.807) is 6.92 Å². The minimum Gasteiger partial charge on any atom is -0.381 e. The van der Waals surface area contributed by atoms with Gasteiger partial charge in [-0.15, -0.1) is 11.6 Å². The van der Waals surface area contributed by atoms with Crippen LogP contribution in [-0.4, -0.2) is 25.0 Å². The molecule has 110 valence electrons. The van der Waals surface area contributed by atoms with E-state index in [0.29, 0.717) is 6.42 Å². The minimum absolute atomic E-state index is 0.0787. The zero-order valence-electron chi connectivity index (χ0n) is 9.66. The molecule has 10 heteroatoms. The number of hydrogen-bond acceptors (Lipinski definition) is 5. The molecule has 19 heavy (non-hydrogen) atoms. The molecule has 5 nitrogen and oxygen atoms in total. The first-order valence-electron chi connectivity index (χ1n) is 4.83. The number of allylic oxidation sites excluding steroid dienone is 2. The molecular weight excluding hydrogens is 313 g/mol. The number of alkyl halides is 4. The Morgan fingerprint density at radius 1 is 1.42 bits per heavy atom. The van der Waals surface area contributed by atoms with Crippen LogP contribution in [0.15, 0.2) is 11.8 Å². The highest BCUT2D eigenvalue weighted by Gasteiger charge is 2.49. The van der Waals surface area contributed by atoms with Crippen molar-refractivity contribution in [3.8, 4) is 0 Å². The minimum atomic E-state index is -5.55. The van der Waals surface area contributed by atoms with Gasteiger partial charge in [-0.3, -0.25) is 0 Å². The molecule has 0 aliphatic heterocycles. The maximum Gasteiger partial charge on any atom is 0.534 e. The van der Waals surface area contributed by atoms with Gasteiger partial charge >= 0.3 is 21.8 Å². The Kier molecular flexibility index (Phi) is 6.05. The third-order valence-corrected chi connectivity index (χ3v) is 3.49. The summed E-state index contributed by atoms with van der Waals surface area (Å²) in [5, 5.41) is 0. The highest BCUT2D eigenvalue weighted by molar-refractivity contribution is 7.87. The molecule has 0 bridgehead atoms. The fraction of sp³-hybridized carbons (Fsp3) is 0.667. The highest BCUT2D eigenvalue weighted by atomic mass is 35.5. The third kappa shape index (κ3) is 6.09. The average molecular weight is 323 g/mol. The van der Waals surface area contributed by atoms with Crippen LogP contribution in [0.5, 0.6) is 0 Å². The molecule has 0 fully saturated rings. The quantitative estimate of drug-likeness (QED) is 0.443. The molecule has 0 amide bonds. The molecular formula is C9H10ClF3O5S. The third-order valence-electron chi connectivity index (χ3n) is 2.15. The zero-order chi connectivity index (χ0) is 15.3. The molecule has 0 heterocycles. The normalized spacial score (nSPS) is 23.5. The summed E-state index contributed by atoms with van der Waals surface area (Å²) in [4.78, 5) is 15.7. The Hall–Kier alpha value is -1.05. The standard InChI is InChI=1S/C8H10ClF3O3S.CO2/c1-7(9)4-2-6(3-5-7)15-16(13,14)8(10,11)12;2-1-3/h2H,3-5H2,1H3;. The van der Waals surface area contributed by atoms with Crippen molar-refractivity contribution in [2.75, 3.05) is 0 Å². The zero-order valence-corrected chi connectivity index (χ0v) is 11.2. The second-order valence-corrected chi connectivity index (χ2v) is 6.30. The number of hydrogen-bond donors (Lipinski definition) is 0. The van der Waals surface area contributed by atoms with Gasteiger partial charge in [0.15, 0.2) is 0 Å². The van der Waals surface area contributed by atoms with E-state index in [1.165, 1.54) is 6.08 Å². The van der Waals surface area contributed by atoms with Gasteiger partial charge in [0.05, 0.1) is 0 Å². The van der Waals surface area contributed by atoms with Gasteiger partial charge in [0.1, 0.15) is 5.76 Å². The lowest BCUT2D eigenvalue weighted by Crippen LogP contribution is -2.27. The van der Waals surface area contributed by atoms with Crippen LogP contribution in [0.1, 0.15) is 26.2 Å². The molecule has 0 aromatic carbocycles. The van der Waals surface area contributed by atoms with Gasteiger partial charge in [-0.25, -0.2) is 0 Å². The van der Waals surface area contributed by atoms with Crippen molar-refractivity contribution in [1.82, 2.24) is 0 Å². The molecule has 1 aliphatic carbocycles. The molecule has 0 saturated carbocycles. The van der Waals surface area contributed by atoms with Crippen molar-refractivity contribution in [1.29, 1.82) is 0 Å². The van der Waals surface area contributed by atoms with Crippen LogP contribution < -0.4 is 0 Å². The van der Waals surface area contributed by atoms with Crippen LogP contribution in [0.25, 0.3) is 0 Å². The monoisotopic (exact) mass is 322 g/mol. The molecule has 0 spiro atoms. The molecule has 1 rings (SSSR count). The lowest BCUT2D eigenvalue weighted by molar-refractivity contribution is -0.191. The molecule has 0 radical (unpaired) electrons. The SMILES string of the molecule is CC1(Cl)CC=C(OS(=O)(=O)C(F)(F)F)CC1.O=C=O. The van der Waals surface area contributed by atoms with E-state index in [-0.39, 0.29) is 24.8 Å². The number of halogens is 4. The van der Waals surface area contributed by atoms with E-state index in [0.717, 1.165) is 0 Å². The van der Waals surface area contributed by atoms with E-state index in [9.17, 15) is 21.6 Å². The summed E-state index contributed by atoms with van der Waals surface area (Å²) in [6.45, 7) is 1.72. The van der Waals surface area contributed by atoms with Crippen LogP contribution >= 0.6 is 11.6 Å². The van der Waals surface area contributed by atoms with Gasteiger partial charge in [-0.2, -0.15) is 31.2 Å². The van der Waals surface area contributed by atoms with Gasteiger partial charge in [0.25, 0.3) is 0 Å². The van der Waals surface area contributed by atoms with Crippen LogP contribution in [0.3, 0.4) is 0 Å². The van der Waals surface area contributed by atoms with Crippen molar-refractivity contribution in [2.45, 2.75) is 36.6 Å². The summed E-state index contributed by atoms with van der Waals surface area (Å²) in [6, 6.07) is 0. The summed E-state index contributed by atoms with van der Waals surface area (Å²) in [7, 11) is -5.55. The highest BCUT2D eigenvalue weighted by Crippen LogP contribution is 2.35. The number of carbonyl (C=O) groups excluding carboxylic acids is 2. The fourth-order valence-corrected chi connectivity index (χ4v) is 1.88. The van der Waals surface area contributed by atoms with E-state index >= 15 is 0 Å². The van der Waals surface area contributed by atoms with Crippen molar-refractivity contribution in [2.24, 2.45) is 0 Å². The summed E-state index contributed by atoms with van der Waals surface area (Å²) >= 11 is 5.93. The van der Waals surface area contributed by atoms with Gasteiger partial charge in [0.2, 0.25) is 0 Å². The summed E-state index contributed by atoms with van der Waals surface area (Å²) in [5.74, 6) is -0.199. The smallest absolute Gasteiger partial charge is 0.381 e. The van der Waals surface area contributed by atoms with Crippen LogP contribution in [0.2, 0.25) is 0 Å². The average Bonchev–Trinajstić information content (AvgIpc) is 2.20. The summed E-state index contributed by atoms with van der Waals surface area (Å²) < 4.78 is 61.2. The lowest BCUT2D eigenvalue weighted by atomic mass is 9.94. The maximum atomic E-state index is 12.0. The number of rotatable bonds is 2. The van der Waals surface area contributed by atoms with Crippen molar-refractivity contribution in [3.05, 3.63) is 11.8 Å². The molecule has 1 unspecified atom stereocenters. The van der Waals surface area contributed by atoms with Gasteiger partial charge in [-0.05, 0) is 25.8 Å². The topological polar surface area (TPSA) is 77.5 Å². The molecule has 0 N–H and O–H groups in total. The second-order valence-electron chi connectivity index (χ2n) is 3.85. The van der Waals surface area contributed by atoms with Crippen molar-refractivity contribution >= 4 is 27.9 Å². The summed E-state index contributed by atoms with van der Waals surface area (Å²) in [6.07, 6.45) is 2.25. The van der Waals surface area contributed by atoms with Crippen LogP contribution in [-0.2, 0) is 23.9 Å². The van der Waals surface area contributed by atoms with Gasteiger partial charge < -0.3 is 4.18 Å². The Balaban J connectivity index is 0.000000982. The Morgan fingerprint density at radius 2 is 1.89 bits per heavy atom. The Labute approximate surface area is 112 Å². The van der Waals surface area contributed by atoms with Gasteiger partial charge in [0, 0.05) is 11.3 Å². The largest absolute Gasteiger partial charge is 0.534 e. The molecule has 1 aliphatic rings. The Bertz CT molecular complexity index is 475. The summed E-state index contributed by atoms with van der Waals surface area (Å²) in [5.41, 5.74) is -5.39. The molecule has 0 aromatic heterocycles. The first-order chi connectivity index (χ1) is 8.45. The van der Waals surface area contributed by atoms with Gasteiger partial charge in [-0.1, -0.05) is 0 Å². The molecule has 0 aromatic rings. The predicted molar refractivity (Wildman–Crippen MR) is 57.3 cm³/mol. The fourth-order valence-electron chi connectivity index (χ4n) is 1.18. The maximum absolute atomic E-state index is 12.0. The Morgan fingerprint density at radius 3 is 2.21 bits per heavy atom.